The quantitative estimate of drug-likeness (QED) is 0.787. The molecule has 1 saturated heterocycles. The van der Waals surface area contributed by atoms with Crippen molar-refractivity contribution in [3.8, 4) is 17.2 Å². The van der Waals surface area contributed by atoms with Gasteiger partial charge in [0.25, 0.3) is 0 Å². The molecule has 130 valence electrons. The van der Waals surface area contributed by atoms with Gasteiger partial charge in [-0.3, -0.25) is 9.88 Å². The molecule has 0 amide bonds. The summed E-state index contributed by atoms with van der Waals surface area (Å²) in [7, 11) is 0. The molecule has 4 rings (SSSR count). The number of nitriles is 1. The maximum Gasteiger partial charge on any atom is 0.101 e. The van der Waals surface area contributed by atoms with Crippen LogP contribution >= 0.6 is 0 Å². The van der Waals surface area contributed by atoms with E-state index in [1.807, 2.05) is 12.1 Å². The standard InChI is InChI=1S/C22H21N3O/c23-13-17-11-20-6-5-19(12-22(20)24-14-17)18-3-1-16(2-4-18)15-25-9-7-21(26)8-10-25/h1-6,11-12,14,21,26H,7-10,15H2. The van der Waals surface area contributed by atoms with Crippen LogP contribution in [0.15, 0.2) is 54.7 Å². The normalized spacial score (nSPS) is 15.8. The van der Waals surface area contributed by atoms with Gasteiger partial charge in [0, 0.05) is 31.2 Å². The lowest BCUT2D eigenvalue weighted by molar-refractivity contribution is 0.0792. The molecule has 4 heteroatoms. The van der Waals surface area contributed by atoms with E-state index in [0.717, 1.165) is 54.5 Å². The van der Waals surface area contributed by atoms with Crippen molar-refractivity contribution < 1.29 is 5.11 Å². The Morgan fingerprint density at radius 2 is 1.77 bits per heavy atom. The Bertz CT molecular complexity index is 951. The monoisotopic (exact) mass is 343 g/mol. The van der Waals surface area contributed by atoms with Gasteiger partial charge in [-0.2, -0.15) is 5.26 Å². The Hall–Kier alpha value is -2.74. The van der Waals surface area contributed by atoms with Crippen molar-refractivity contribution in [1.82, 2.24) is 9.88 Å². The summed E-state index contributed by atoms with van der Waals surface area (Å²) in [5, 5.41) is 19.6. The number of aromatic nitrogens is 1. The molecule has 2 aromatic carbocycles. The van der Waals surface area contributed by atoms with E-state index in [4.69, 9.17) is 5.26 Å². The first-order chi connectivity index (χ1) is 12.7. The molecule has 0 atom stereocenters. The van der Waals surface area contributed by atoms with E-state index < -0.39 is 0 Å². The highest BCUT2D eigenvalue weighted by Gasteiger charge is 2.16. The van der Waals surface area contributed by atoms with Crippen LogP contribution in [0.5, 0.6) is 0 Å². The van der Waals surface area contributed by atoms with Crippen molar-refractivity contribution in [2.75, 3.05) is 13.1 Å². The Balaban J connectivity index is 1.51. The summed E-state index contributed by atoms with van der Waals surface area (Å²) in [4.78, 5) is 6.79. The van der Waals surface area contributed by atoms with E-state index in [9.17, 15) is 5.11 Å². The zero-order chi connectivity index (χ0) is 17.9. The van der Waals surface area contributed by atoms with Gasteiger partial charge >= 0.3 is 0 Å². The van der Waals surface area contributed by atoms with Gasteiger partial charge in [0.2, 0.25) is 0 Å². The third-order valence-electron chi connectivity index (χ3n) is 5.06. The first kappa shape index (κ1) is 16.7. The van der Waals surface area contributed by atoms with Crippen LogP contribution in [0.4, 0.5) is 0 Å². The minimum absolute atomic E-state index is 0.126. The molecule has 1 N–H and O–H groups in total. The summed E-state index contributed by atoms with van der Waals surface area (Å²) in [6.45, 7) is 2.86. The largest absolute Gasteiger partial charge is 0.393 e. The molecule has 26 heavy (non-hydrogen) atoms. The second-order valence-corrected chi connectivity index (χ2v) is 6.95. The van der Waals surface area contributed by atoms with Crippen LogP contribution in [0, 0.1) is 11.3 Å². The first-order valence-electron chi connectivity index (χ1n) is 9.01. The number of aliphatic hydroxyl groups is 1. The van der Waals surface area contributed by atoms with Gasteiger partial charge < -0.3 is 5.11 Å². The van der Waals surface area contributed by atoms with Crippen molar-refractivity contribution in [2.24, 2.45) is 0 Å². The smallest absolute Gasteiger partial charge is 0.101 e. The molecule has 0 bridgehead atoms. The Kier molecular flexibility index (Phi) is 4.66. The van der Waals surface area contributed by atoms with Crippen molar-refractivity contribution in [2.45, 2.75) is 25.5 Å². The summed E-state index contributed by atoms with van der Waals surface area (Å²) in [6.07, 6.45) is 3.23. The zero-order valence-corrected chi connectivity index (χ0v) is 14.6. The molecule has 0 radical (unpaired) electrons. The molecule has 0 saturated carbocycles. The van der Waals surface area contributed by atoms with Crippen molar-refractivity contribution in [1.29, 1.82) is 5.26 Å². The molecule has 0 aliphatic carbocycles. The summed E-state index contributed by atoms with van der Waals surface area (Å²) < 4.78 is 0. The number of rotatable bonds is 3. The summed E-state index contributed by atoms with van der Waals surface area (Å²) >= 11 is 0. The van der Waals surface area contributed by atoms with Crippen LogP contribution in [-0.4, -0.2) is 34.2 Å². The highest BCUT2D eigenvalue weighted by Crippen LogP contribution is 2.25. The summed E-state index contributed by atoms with van der Waals surface area (Å²) in [5.41, 5.74) is 5.07. The molecule has 1 aliphatic heterocycles. The number of benzene rings is 2. The number of hydrogen-bond donors (Lipinski definition) is 1. The minimum atomic E-state index is -0.126. The molecule has 4 nitrogen and oxygen atoms in total. The van der Waals surface area contributed by atoms with E-state index in [1.54, 1.807) is 6.20 Å². The lowest BCUT2D eigenvalue weighted by Gasteiger charge is -2.29. The average molecular weight is 343 g/mol. The average Bonchev–Trinajstić information content (AvgIpc) is 2.69. The third kappa shape index (κ3) is 3.60. The SMILES string of the molecule is N#Cc1cnc2cc(-c3ccc(CN4CCC(O)CC4)cc3)ccc2c1. The molecular weight excluding hydrogens is 322 g/mol. The molecular formula is C22H21N3O. The Morgan fingerprint density at radius 1 is 1.04 bits per heavy atom. The van der Waals surface area contributed by atoms with E-state index in [1.165, 1.54) is 5.56 Å². The van der Waals surface area contributed by atoms with Crippen LogP contribution in [0.1, 0.15) is 24.0 Å². The number of aliphatic hydroxyl groups excluding tert-OH is 1. The van der Waals surface area contributed by atoms with Gasteiger partial charge in [0.15, 0.2) is 0 Å². The second kappa shape index (κ2) is 7.25. The fourth-order valence-electron chi connectivity index (χ4n) is 3.50. The highest BCUT2D eigenvalue weighted by molar-refractivity contribution is 5.85. The van der Waals surface area contributed by atoms with Crippen molar-refractivity contribution >= 4 is 10.9 Å². The van der Waals surface area contributed by atoms with Gasteiger partial charge in [0.1, 0.15) is 6.07 Å². The van der Waals surface area contributed by atoms with Crippen molar-refractivity contribution in [3.05, 3.63) is 65.9 Å². The fourth-order valence-corrected chi connectivity index (χ4v) is 3.50. The Labute approximate surface area is 153 Å². The molecule has 0 spiro atoms. The van der Waals surface area contributed by atoms with E-state index in [-0.39, 0.29) is 6.10 Å². The van der Waals surface area contributed by atoms with E-state index >= 15 is 0 Å². The summed E-state index contributed by atoms with van der Waals surface area (Å²) in [6, 6.07) is 18.8. The fraction of sp³-hybridized carbons (Fsp3) is 0.273. The number of pyridine rings is 1. The van der Waals surface area contributed by atoms with Crippen LogP contribution in [0.25, 0.3) is 22.0 Å². The summed E-state index contributed by atoms with van der Waals surface area (Å²) in [5.74, 6) is 0. The highest BCUT2D eigenvalue weighted by atomic mass is 16.3. The van der Waals surface area contributed by atoms with Gasteiger partial charge in [-0.1, -0.05) is 36.4 Å². The predicted molar refractivity (Wildman–Crippen MR) is 102 cm³/mol. The predicted octanol–water partition coefficient (Wildman–Crippen LogP) is 3.73. The molecule has 1 fully saturated rings. The number of nitrogens with zero attached hydrogens (tertiary/aromatic N) is 3. The third-order valence-corrected chi connectivity index (χ3v) is 5.06. The van der Waals surface area contributed by atoms with Crippen LogP contribution in [-0.2, 0) is 6.54 Å². The molecule has 3 aromatic rings. The maximum atomic E-state index is 9.61. The minimum Gasteiger partial charge on any atom is -0.393 e. The van der Waals surface area contributed by atoms with Crippen LogP contribution in [0.2, 0.25) is 0 Å². The zero-order valence-electron chi connectivity index (χ0n) is 14.6. The number of likely N-dealkylation sites (tertiary alicyclic amines) is 1. The first-order valence-corrected chi connectivity index (χ1v) is 9.01. The van der Waals surface area contributed by atoms with Crippen LogP contribution in [0.3, 0.4) is 0 Å². The number of piperidine rings is 1. The van der Waals surface area contributed by atoms with Gasteiger partial charge in [0.05, 0.1) is 17.2 Å². The van der Waals surface area contributed by atoms with Gasteiger partial charge in [-0.25, -0.2) is 0 Å². The van der Waals surface area contributed by atoms with E-state index in [0.29, 0.717) is 5.56 Å². The lowest BCUT2D eigenvalue weighted by Crippen LogP contribution is -2.35. The number of hydrogen-bond acceptors (Lipinski definition) is 4. The molecule has 1 aliphatic rings. The van der Waals surface area contributed by atoms with Gasteiger partial charge in [-0.05, 0) is 41.7 Å². The molecule has 1 aromatic heterocycles. The molecule has 0 unspecified atom stereocenters. The topological polar surface area (TPSA) is 60.2 Å². The molecule has 2 heterocycles. The van der Waals surface area contributed by atoms with Crippen molar-refractivity contribution in [3.63, 3.8) is 0 Å². The lowest BCUT2D eigenvalue weighted by atomic mass is 10.0. The number of fused-ring (bicyclic) bond motifs is 1. The second-order valence-electron chi connectivity index (χ2n) is 6.95. The van der Waals surface area contributed by atoms with Crippen LogP contribution < -0.4 is 0 Å². The van der Waals surface area contributed by atoms with E-state index in [2.05, 4.69) is 52.4 Å². The van der Waals surface area contributed by atoms with Gasteiger partial charge in [-0.15, -0.1) is 0 Å². The maximum absolute atomic E-state index is 9.61. The Morgan fingerprint density at radius 3 is 2.50 bits per heavy atom.